The van der Waals surface area contributed by atoms with Crippen LogP contribution in [0.5, 0.6) is 0 Å². The van der Waals surface area contributed by atoms with Crippen LogP contribution in [0.4, 0.5) is 0 Å². The lowest BCUT2D eigenvalue weighted by Crippen LogP contribution is -2.13. The Balaban J connectivity index is 2.87. The number of aromatic nitrogens is 2. The molecule has 0 bridgehead atoms. The van der Waals surface area contributed by atoms with Crippen molar-refractivity contribution in [1.82, 2.24) is 10.2 Å². The molecule has 1 amide bonds. The summed E-state index contributed by atoms with van der Waals surface area (Å²) in [6, 6.07) is 0. The number of carbonyl (C=O) groups is 1. The monoisotopic (exact) mass is 155 g/mol. The van der Waals surface area contributed by atoms with Crippen molar-refractivity contribution in [2.45, 2.75) is 6.61 Å². The van der Waals surface area contributed by atoms with Crippen LogP contribution in [-0.2, 0) is 11.3 Å². The van der Waals surface area contributed by atoms with Crippen molar-refractivity contribution in [2.75, 3.05) is 7.11 Å². The molecule has 3 N–H and O–H groups in total. The van der Waals surface area contributed by atoms with Crippen molar-refractivity contribution in [3.05, 3.63) is 17.5 Å². The molecule has 0 saturated heterocycles. The normalized spacial score (nSPS) is 9.91. The number of primary amides is 1. The van der Waals surface area contributed by atoms with Gasteiger partial charge in [0, 0.05) is 18.9 Å². The molecule has 0 atom stereocenters. The molecular weight excluding hydrogens is 146 g/mol. The maximum absolute atomic E-state index is 10.6. The molecule has 0 unspecified atom stereocenters. The van der Waals surface area contributed by atoms with E-state index < -0.39 is 5.91 Å². The molecular formula is C6H9N3O2. The fraction of sp³-hybridized carbons (Fsp3) is 0.333. The van der Waals surface area contributed by atoms with E-state index >= 15 is 0 Å². The summed E-state index contributed by atoms with van der Waals surface area (Å²) in [5.41, 5.74) is 5.94. The molecule has 1 heterocycles. The molecule has 0 saturated carbocycles. The van der Waals surface area contributed by atoms with Gasteiger partial charge >= 0.3 is 0 Å². The van der Waals surface area contributed by atoms with Crippen LogP contribution in [0.25, 0.3) is 0 Å². The van der Waals surface area contributed by atoms with Crippen LogP contribution < -0.4 is 5.73 Å². The molecule has 1 aromatic rings. The van der Waals surface area contributed by atoms with Crippen molar-refractivity contribution >= 4 is 5.91 Å². The van der Waals surface area contributed by atoms with Crippen molar-refractivity contribution in [3.8, 4) is 0 Å². The van der Waals surface area contributed by atoms with E-state index in [4.69, 9.17) is 10.5 Å². The second kappa shape index (κ2) is 3.16. The highest BCUT2D eigenvalue weighted by Gasteiger charge is 2.09. The fourth-order valence-corrected chi connectivity index (χ4v) is 0.794. The number of nitrogens with one attached hydrogen (secondary N) is 1. The Bertz CT molecular complexity index is 256. The van der Waals surface area contributed by atoms with E-state index in [0.717, 1.165) is 0 Å². The first-order valence-electron chi connectivity index (χ1n) is 3.07. The van der Waals surface area contributed by atoms with Gasteiger partial charge in [0.1, 0.15) is 0 Å². The van der Waals surface area contributed by atoms with Crippen LogP contribution in [0.2, 0.25) is 0 Å². The molecule has 0 aromatic carbocycles. The van der Waals surface area contributed by atoms with E-state index in [-0.39, 0.29) is 5.69 Å². The van der Waals surface area contributed by atoms with E-state index in [0.29, 0.717) is 12.2 Å². The number of aromatic amines is 1. The first kappa shape index (κ1) is 7.74. The van der Waals surface area contributed by atoms with Gasteiger partial charge in [-0.2, -0.15) is 5.10 Å². The van der Waals surface area contributed by atoms with E-state index in [1.165, 1.54) is 7.11 Å². The predicted molar refractivity (Wildman–Crippen MR) is 37.8 cm³/mol. The van der Waals surface area contributed by atoms with Gasteiger partial charge < -0.3 is 10.5 Å². The number of hydrogen-bond donors (Lipinski definition) is 2. The Labute approximate surface area is 63.5 Å². The zero-order valence-electron chi connectivity index (χ0n) is 6.13. The molecule has 0 aliphatic heterocycles. The van der Waals surface area contributed by atoms with Gasteiger partial charge in [-0.3, -0.25) is 9.89 Å². The molecule has 60 valence electrons. The minimum atomic E-state index is -0.543. The average molecular weight is 155 g/mol. The molecule has 0 fully saturated rings. The second-order valence-electron chi connectivity index (χ2n) is 2.06. The second-order valence-corrected chi connectivity index (χ2v) is 2.06. The van der Waals surface area contributed by atoms with Crippen LogP contribution >= 0.6 is 0 Å². The number of carbonyl (C=O) groups excluding carboxylic acids is 1. The summed E-state index contributed by atoms with van der Waals surface area (Å²) in [6.07, 6.45) is 1.59. The predicted octanol–water partition coefficient (Wildman–Crippen LogP) is -0.345. The van der Waals surface area contributed by atoms with Gasteiger partial charge in [0.2, 0.25) is 0 Å². The van der Waals surface area contributed by atoms with Crippen molar-refractivity contribution in [1.29, 1.82) is 0 Å². The SMILES string of the molecule is COCc1c[nH]nc1C(N)=O. The third kappa shape index (κ3) is 1.56. The molecule has 5 nitrogen and oxygen atoms in total. The van der Waals surface area contributed by atoms with Crippen molar-refractivity contribution in [2.24, 2.45) is 5.73 Å². The molecule has 5 heteroatoms. The maximum Gasteiger partial charge on any atom is 0.269 e. The minimum absolute atomic E-state index is 0.242. The van der Waals surface area contributed by atoms with Gasteiger partial charge in [0.25, 0.3) is 5.91 Å². The Morgan fingerprint density at radius 3 is 3.18 bits per heavy atom. The third-order valence-corrected chi connectivity index (χ3v) is 1.25. The smallest absolute Gasteiger partial charge is 0.269 e. The van der Waals surface area contributed by atoms with Gasteiger partial charge in [-0.1, -0.05) is 0 Å². The fourth-order valence-electron chi connectivity index (χ4n) is 0.794. The Kier molecular flexibility index (Phi) is 2.22. The van der Waals surface area contributed by atoms with Crippen LogP contribution in [0.3, 0.4) is 0 Å². The zero-order chi connectivity index (χ0) is 8.27. The molecule has 1 rings (SSSR count). The highest BCUT2D eigenvalue weighted by Crippen LogP contribution is 2.03. The quantitative estimate of drug-likeness (QED) is 0.626. The van der Waals surface area contributed by atoms with Gasteiger partial charge in [-0.15, -0.1) is 0 Å². The molecule has 0 radical (unpaired) electrons. The summed E-state index contributed by atoms with van der Waals surface area (Å²) in [7, 11) is 1.54. The molecule has 0 spiro atoms. The maximum atomic E-state index is 10.6. The number of amides is 1. The molecule has 1 aromatic heterocycles. The number of nitrogens with two attached hydrogens (primary N) is 1. The minimum Gasteiger partial charge on any atom is -0.380 e. The van der Waals surface area contributed by atoms with E-state index in [2.05, 4.69) is 10.2 Å². The van der Waals surface area contributed by atoms with Gasteiger partial charge in [-0.05, 0) is 0 Å². The summed E-state index contributed by atoms with van der Waals surface area (Å²) in [6.45, 7) is 0.342. The first-order valence-corrected chi connectivity index (χ1v) is 3.07. The van der Waals surface area contributed by atoms with Gasteiger partial charge in [0.05, 0.1) is 6.61 Å². The average Bonchev–Trinajstić information content (AvgIpc) is 2.36. The number of ether oxygens (including phenoxy) is 1. The van der Waals surface area contributed by atoms with Crippen molar-refractivity contribution < 1.29 is 9.53 Å². The van der Waals surface area contributed by atoms with Gasteiger partial charge in [-0.25, -0.2) is 0 Å². The topological polar surface area (TPSA) is 81.0 Å². The summed E-state index contributed by atoms with van der Waals surface area (Å²) in [4.78, 5) is 10.6. The van der Waals surface area contributed by atoms with Crippen molar-refractivity contribution in [3.63, 3.8) is 0 Å². The first-order chi connectivity index (χ1) is 5.25. The lowest BCUT2D eigenvalue weighted by atomic mass is 10.2. The zero-order valence-corrected chi connectivity index (χ0v) is 6.13. The van der Waals surface area contributed by atoms with Crippen LogP contribution in [0.1, 0.15) is 16.1 Å². The number of methoxy groups -OCH3 is 1. The summed E-state index contributed by atoms with van der Waals surface area (Å²) in [5.74, 6) is -0.543. The summed E-state index contributed by atoms with van der Waals surface area (Å²) in [5, 5.41) is 6.19. The third-order valence-electron chi connectivity index (χ3n) is 1.25. The summed E-state index contributed by atoms with van der Waals surface area (Å²) >= 11 is 0. The van der Waals surface area contributed by atoms with E-state index in [1.54, 1.807) is 6.20 Å². The number of hydrogen-bond acceptors (Lipinski definition) is 3. The van der Waals surface area contributed by atoms with Crippen LogP contribution in [0, 0.1) is 0 Å². The lowest BCUT2D eigenvalue weighted by Gasteiger charge is -1.94. The molecule has 0 aliphatic rings. The Morgan fingerprint density at radius 2 is 2.64 bits per heavy atom. The van der Waals surface area contributed by atoms with Crippen LogP contribution in [0.15, 0.2) is 6.20 Å². The van der Waals surface area contributed by atoms with E-state index in [9.17, 15) is 4.79 Å². The molecule has 0 aliphatic carbocycles. The number of rotatable bonds is 3. The standard InChI is InChI=1S/C6H9N3O2/c1-11-3-4-2-8-9-5(4)6(7)10/h2H,3H2,1H3,(H2,7,10)(H,8,9). The largest absolute Gasteiger partial charge is 0.380 e. The van der Waals surface area contributed by atoms with Crippen LogP contribution in [-0.4, -0.2) is 23.2 Å². The summed E-state index contributed by atoms with van der Waals surface area (Å²) < 4.78 is 4.81. The Morgan fingerprint density at radius 1 is 1.91 bits per heavy atom. The van der Waals surface area contributed by atoms with E-state index in [1.807, 2.05) is 0 Å². The Hall–Kier alpha value is -1.36. The highest BCUT2D eigenvalue weighted by molar-refractivity contribution is 5.92. The van der Waals surface area contributed by atoms with Gasteiger partial charge in [0.15, 0.2) is 5.69 Å². The highest BCUT2D eigenvalue weighted by atomic mass is 16.5. The molecule has 11 heavy (non-hydrogen) atoms. The lowest BCUT2D eigenvalue weighted by molar-refractivity contribution is 0.0990. The number of nitrogens with zero attached hydrogens (tertiary/aromatic N) is 1. The number of H-pyrrole nitrogens is 1.